The zero-order valence-corrected chi connectivity index (χ0v) is 16.7. The van der Waals surface area contributed by atoms with E-state index in [9.17, 15) is 9.59 Å². The second kappa shape index (κ2) is 7.92. The number of fused-ring (bicyclic) bond motifs is 1. The lowest BCUT2D eigenvalue weighted by Gasteiger charge is -2.26. The molecule has 0 saturated carbocycles. The van der Waals surface area contributed by atoms with E-state index in [0.717, 1.165) is 5.56 Å². The molecule has 0 fully saturated rings. The highest BCUT2D eigenvalue weighted by Gasteiger charge is 2.37. The van der Waals surface area contributed by atoms with Gasteiger partial charge in [0.2, 0.25) is 5.91 Å². The molecular formula is C22H26N2O4. The SMILES string of the molecule is CCN1C(=O)C(C)(C)COc2cc(NC(=O)COc3cccc(C)c3)ccc21. The highest BCUT2D eigenvalue weighted by atomic mass is 16.5. The third kappa shape index (κ3) is 4.27. The van der Waals surface area contributed by atoms with Gasteiger partial charge in [-0.05, 0) is 57.5 Å². The van der Waals surface area contributed by atoms with Crippen LogP contribution in [0.3, 0.4) is 0 Å². The van der Waals surface area contributed by atoms with Crippen molar-refractivity contribution in [1.82, 2.24) is 0 Å². The first kappa shape index (κ1) is 19.7. The average molecular weight is 382 g/mol. The fraction of sp³-hybridized carbons (Fsp3) is 0.364. The van der Waals surface area contributed by atoms with Gasteiger partial charge in [0.15, 0.2) is 6.61 Å². The Morgan fingerprint density at radius 1 is 1.25 bits per heavy atom. The molecule has 2 aromatic carbocycles. The predicted molar refractivity (Wildman–Crippen MR) is 109 cm³/mol. The highest BCUT2D eigenvalue weighted by Crippen LogP contribution is 2.38. The van der Waals surface area contributed by atoms with E-state index in [0.29, 0.717) is 29.4 Å². The fourth-order valence-electron chi connectivity index (χ4n) is 3.09. The molecule has 0 spiro atoms. The molecule has 1 heterocycles. The van der Waals surface area contributed by atoms with Crippen LogP contribution in [0.15, 0.2) is 42.5 Å². The molecule has 1 aliphatic rings. The molecule has 6 nitrogen and oxygen atoms in total. The molecule has 148 valence electrons. The first-order valence-electron chi connectivity index (χ1n) is 9.38. The Morgan fingerprint density at radius 2 is 2.04 bits per heavy atom. The Morgan fingerprint density at radius 3 is 2.75 bits per heavy atom. The number of rotatable bonds is 5. The van der Waals surface area contributed by atoms with Gasteiger partial charge in [0.1, 0.15) is 18.1 Å². The van der Waals surface area contributed by atoms with E-state index >= 15 is 0 Å². The number of carbonyl (C=O) groups excluding carboxylic acids is 2. The topological polar surface area (TPSA) is 67.9 Å². The molecule has 28 heavy (non-hydrogen) atoms. The summed E-state index contributed by atoms with van der Waals surface area (Å²) in [6, 6.07) is 12.9. The molecule has 1 aliphatic heterocycles. The summed E-state index contributed by atoms with van der Waals surface area (Å²) >= 11 is 0. The maximum Gasteiger partial charge on any atom is 0.262 e. The quantitative estimate of drug-likeness (QED) is 0.854. The first-order chi connectivity index (χ1) is 13.3. The standard InChI is InChI=1S/C22H26N2O4/c1-5-24-18-10-9-16(12-19(18)28-14-22(3,4)21(24)26)23-20(25)13-27-17-8-6-7-15(2)11-17/h6-12H,5,13-14H2,1-4H3,(H,23,25). The summed E-state index contributed by atoms with van der Waals surface area (Å²) in [5.74, 6) is 0.994. The van der Waals surface area contributed by atoms with Gasteiger partial charge in [-0.3, -0.25) is 9.59 Å². The average Bonchev–Trinajstić information content (AvgIpc) is 2.75. The summed E-state index contributed by atoms with van der Waals surface area (Å²) in [6.07, 6.45) is 0. The summed E-state index contributed by atoms with van der Waals surface area (Å²) < 4.78 is 11.4. The van der Waals surface area contributed by atoms with Crippen molar-refractivity contribution in [3.63, 3.8) is 0 Å². The molecule has 2 aromatic rings. The molecular weight excluding hydrogens is 356 g/mol. The zero-order chi connectivity index (χ0) is 20.3. The minimum Gasteiger partial charge on any atom is -0.490 e. The lowest BCUT2D eigenvalue weighted by molar-refractivity contribution is -0.127. The summed E-state index contributed by atoms with van der Waals surface area (Å²) in [5.41, 5.74) is 1.77. The molecule has 0 aliphatic carbocycles. The van der Waals surface area contributed by atoms with Crippen molar-refractivity contribution in [3.8, 4) is 11.5 Å². The molecule has 0 atom stereocenters. The number of ether oxygens (including phenoxy) is 2. The minimum absolute atomic E-state index is 0.0251. The Labute approximate surface area is 165 Å². The third-order valence-electron chi connectivity index (χ3n) is 4.62. The van der Waals surface area contributed by atoms with Crippen molar-refractivity contribution < 1.29 is 19.1 Å². The van der Waals surface area contributed by atoms with Gasteiger partial charge >= 0.3 is 0 Å². The van der Waals surface area contributed by atoms with Gasteiger partial charge in [0.25, 0.3) is 5.91 Å². The van der Waals surface area contributed by atoms with Crippen LogP contribution >= 0.6 is 0 Å². The normalized spacial score (nSPS) is 15.3. The van der Waals surface area contributed by atoms with Crippen LogP contribution in [0.1, 0.15) is 26.3 Å². The number of anilines is 2. The number of nitrogens with zero attached hydrogens (tertiary/aromatic N) is 1. The number of benzene rings is 2. The van der Waals surface area contributed by atoms with Crippen molar-refractivity contribution in [2.24, 2.45) is 5.41 Å². The number of amides is 2. The van der Waals surface area contributed by atoms with Crippen molar-refractivity contribution in [2.45, 2.75) is 27.7 Å². The zero-order valence-electron chi connectivity index (χ0n) is 16.7. The third-order valence-corrected chi connectivity index (χ3v) is 4.62. The van der Waals surface area contributed by atoms with E-state index in [2.05, 4.69) is 5.32 Å². The van der Waals surface area contributed by atoms with E-state index in [4.69, 9.17) is 9.47 Å². The number of nitrogens with one attached hydrogen (secondary N) is 1. The van der Waals surface area contributed by atoms with Crippen LogP contribution in [0, 0.1) is 12.3 Å². The first-order valence-corrected chi connectivity index (χ1v) is 9.38. The van der Waals surface area contributed by atoms with E-state index in [1.807, 2.05) is 52.0 Å². The van der Waals surface area contributed by atoms with Crippen LogP contribution in [0.5, 0.6) is 11.5 Å². The molecule has 1 N–H and O–H groups in total. The molecule has 0 bridgehead atoms. The number of hydrogen-bond donors (Lipinski definition) is 1. The summed E-state index contributed by atoms with van der Waals surface area (Å²) in [5, 5.41) is 2.81. The van der Waals surface area contributed by atoms with Gasteiger partial charge in [-0.2, -0.15) is 0 Å². The monoisotopic (exact) mass is 382 g/mol. The second-order valence-electron chi connectivity index (χ2n) is 7.56. The molecule has 0 unspecified atom stereocenters. The van der Waals surface area contributed by atoms with E-state index in [1.54, 1.807) is 23.1 Å². The summed E-state index contributed by atoms with van der Waals surface area (Å²) in [4.78, 5) is 26.7. The largest absolute Gasteiger partial charge is 0.490 e. The van der Waals surface area contributed by atoms with E-state index in [-0.39, 0.29) is 25.0 Å². The lowest BCUT2D eigenvalue weighted by atomic mass is 9.93. The number of carbonyl (C=O) groups is 2. The van der Waals surface area contributed by atoms with Gasteiger partial charge in [0, 0.05) is 18.3 Å². The summed E-state index contributed by atoms with van der Waals surface area (Å²) in [6.45, 7) is 8.38. The second-order valence-corrected chi connectivity index (χ2v) is 7.56. The van der Waals surface area contributed by atoms with Crippen molar-refractivity contribution in [2.75, 3.05) is 30.0 Å². The maximum atomic E-state index is 12.7. The van der Waals surface area contributed by atoms with Crippen LogP contribution in [-0.2, 0) is 9.59 Å². The fourth-order valence-corrected chi connectivity index (χ4v) is 3.09. The Hall–Kier alpha value is -3.02. The van der Waals surface area contributed by atoms with E-state index in [1.165, 1.54) is 0 Å². The molecule has 2 amide bonds. The molecule has 0 aromatic heterocycles. The minimum atomic E-state index is -0.611. The van der Waals surface area contributed by atoms with Crippen LogP contribution < -0.4 is 19.7 Å². The Bertz CT molecular complexity index is 892. The van der Waals surface area contributed by atoms with Crippen LogP contribution in [0.25, 0.3) is 0 Å². The molecule has 0 saturated heterocycles. The predicted octanol–water partition coefficient (Wildman–Crippen LogP) is 3.78. The van der Waals surface area contributed by atoms with E-state index < -0.39 is 5.41 Å². The van der Waals surface area contributed by atoms with Gasteiger partial charge in [-0.25, -0.2) is 0 Å². The van der Waals surface area contributed by atoms with Crippen LogP contribution in [-0.4, -0.2) is 31.6 Å². The van der Waals surface area contributed by atoms with Gasteiger partial charge in [0.05, 0.1) is 11.1 Å². The van der Waals surface area contributed by atoms with Gasteiger partial charge in [-0.15, -0.1) is 0 Å². The number of aryl methyl sites for hydroxylation is 1. The van der Waals surface area contributed by atoms with Crippen molar-refractivity contribution in [1.29, 1.82) is 0 Å². The number of hydrogen-bond acceptors (Lipinski definition) is 4. The lowest BCUT2D eigenvalue weighted by Crippen LogP contribution is -2.42. The molecule has 6 heteroatoms. The Kier molecular flexibility index (Phi) is 5.58. The highest BCUT2D eigenvalue weighted by molar-refractivity contribution is 6.00. The van der Waals surface area contributed by atoms with Gasteiger partial charge < -0.3 is 19.7 Å². The van der Waals surface area contributed by atoms with Crippen molar-refractivity contribution >= 4 is 23.2 Å². The molecule has 0 radical (unpaired) electrons. The molecule has 3 rings (SSSR count). The summed E-state index contributed by atoms with van der Waals surface area (Å²) in [7, 11) is 0. The smallest absolute Gasteiger partial charge is 0.262 e. The maximum absolute atomic E-state index is 12.7. The van der Waals surface area contributed by atoms with Crippen LogP contribution in [0.2, 0.25) is 0 Å². The van der Waals surface area contributed by atoms with Crippen molar-refractivity contribution in [3.05, 3.63) is 48.0 Å². The Balaban J connectivity index is 1.70. The van der Waals surface area contributed by atoms with Gasteiger partial charge in [-0.1, -0.05) is 12.1 Å². The van der Waals surface area contributed by atoms with Crippen LogP contribution in [0.4, 0.5) is 11.4 Å².